The molecule has 0 bridgehead atoms. The van der Waals surface area contributed by atoms with Crippen molar-refractivity contribution >= 4 is 5.97 Å². The molecule has 2 aromatic rings. The third-order valence-corrected chi connectivity index (χ3v) is 3.71. The highest BCUT2D eigenvalue weighted by molar-refractivity contribution is 5.91. The SMILES string of the molecule is O=C(OC[C@@H]1CCCCO1)c1ccccc1Cn1cncn1. The van der Waals surface area contributed by atoms with E-state index in [2.05, 4.69) is 10.1 Å². The molecular weight excluding hydrogens is 282 g/mol. The van der Waals surface area contributed by atoms with Gasteiger partial charge in [-0.3, -0.25) is 0 Å². The normalized spacial score (nSPS) is 18.1. The van der Waals surface area contributed by atoms with Crippen molar-refractivity contribution in [2.24, 2.45) is 0 Å². The lowest BCUT2D eigenvalue weighted by molar-refractivity contribution is -0.0300. The average Bonchev–Trinajstić information content (AvgIpc) is 3.07. The fourth-order valence-electron chi connectivity index (χ4n) is 2.53. The van der Waals surface area contributed by atoms with Crippen LogP contribution in [0.15, 0.2) is 36.9 Å². The van der Waals surface area contributed by atoms with Gasteiger partial charge in [-0.1, -0.05) is 18.2 Å². The highest BCUT2D eigenvalue weighted by atomic mass is 16.6. The number of benzene rings is 1. The van der Waals surface area contributed by atoms with Crippen molar-refractivity contribution in [1.29, 1.82) is 0 Å². The molecule has 0 spiro atoms. The molecule has 0 amide bonds. The zero-order chi connectivity index (χ0) is 15.2. The van der Waals surface area contributed by atoms with Crippen molar-refractivity contribution in [3.63, 3.8) is 0 Å². The van der Waals surface area contributed by atoms with E-state index in [0.29, 0.717) is 18.7 Å². The van der Waals surface area contributed by atoms with Gasteiger partial charge in [-0.25, -0.2) is 14.5 Å². The van der Waals surface area contributed by atoms with Crippen molar-refractivity contribution < 1.29 is 14.3 Å². The fourth-order valence-corrected chi connectivity index (χ4v) is 2.53. The van der Waals surface area contributed by atoms with Crippen molar-refractivity contribution in [2.45, 2.75) is 31.9 Å². The molecule has 0 aliphatic carbocycles. The number of carbonyl (C=O) groups excluding carboxylic acids is 1. The highest BCUT2D eigenvalue weighted by Crippen LogP contribution is 2.15. The molecule has 2 heterocycles. The zero-order valence-corrected chi connectivity index (χ0v) is 12.4. The van der Waals surface area contributed by atoms with Gasteiger partial charge in [-0.05, 0) is 30.9 Å². The van der Waals surface area contributed by atoms with Crippen LogP contribution in [-0.4, -0.2) is 40.1 Å². The predicted octanol–water partition coefficient (Wildman–Crippen LogP) is 2.05. The Morgan fingerprint density at radius 3 is 3.05 bits per heavy atom. The minimum Gasteiger partial charge on any atom is -0.459 e. The Hall–Kier alpha value is -2.21. The van der Waals surface area contributed by atoms with E-state index in [1.807, 2.05) is 18.2 Å². The number of carbonyl (C=O) groups is 1. The summed E-state index contributed by atoms with van der Waals surface area (Å²) in [6.45, 7) is 1.56. The van der Waals surface area contributed by atoms with E-state index in [0.717, 1.165) is 31.4 Å². The van der Waals surface area contributed by atoms with Crippen molar-refractivity contribution in [2.75, 3.05) is 13.2 Å². The topological polar surface area (TPSA) is 66.2 Å². The van der Waals surface area contributed by atoms with Crippen LogP contribution in [0.1, 0.15) is 35.2 Å². The molecule has 1 aliphatic rings. The van der Waals surface area contributed by atoms with Crippen molar-refractivity contribution in [3.8, 4) is 0 Å². The van der Waals surface area contributed by atoms with Gasteiger partial charge in [0.1, 0.15) is 19.3 Å². The van der Waals surface area contributed by atoms with Gasteiger partial charge >= 0.3 is 5.97 Å². The highest BCUT2D eigenvalue weighted by Gasteiger charge is 2.18. The Labute approximate surface area is 129 Å². The second kappa shape index (κ2) is 7.17. The molecule has 1 aromatic carbocycles. The maximum Gasteiger partial charge on any atom is 0.338 e. The van der Waals surface area contributed by atoms with E-state index in [9.17, 15) is 4.79 Å². The number of aromatic nitrogens is 3. The summed E-state index contributed by atoms with van der Waals surface area (Å²) in [5, 5.41) is 4.06. The number of nitrogens with zero attached hydrogens (tertiary/aromatic N) is 3. The van der Waals surface area contributed by atoms with Crippen LogP contribution in [0.25, 0.3) is 0 Å². The van der Waals surface area contributed by atoms with E-state index in [4.69, 9.17) is 9.47 Å². The summed E-state index contributed by atoms with van der Waals surface area (Å²) in [4.78, 5) is 16.2. The summed E-state index contributed by atoms with van der Waals surface area (Å²) < 4.78 is 12.7. The van der Waals surface area contributed by atoms with Crippen LogP contribution in [0.4, 0.5) is 0 Å². The molecular formula is C16H19N3O3. The first kappa shape index (κ1) is 14.7. The van der Waals surface area contributed by atoms with Crippen molar-refractivity contribution in [3.05, 3.63) is 48.0 Å². The minimum atomic E-state index is -0.315. The Morgan fingerprint density at radius 1 is 1.36 bits per heavy atom. The number of esters is 1. The first-order valence-electron chi connectivity index (χ1n) is 7.52. The third kappa shape index (κ3) is 3.71. The largest absolute Gasteiger partial charge is 0.459 e. The van der Waals surface area contributed by atoms with Gasteiger partial charge in [0.15, 0.2) is 0 Å². The summed E-state index contributed by atoms with van der Waals surface area (Å²) in [6, 6.07) is 7.40. The molecule has 3 rings (SSSR count). The van der Waals surface area contributed by atoms with Gasteiger partial charge in [-0.2, -0.15) is 5.10 Å². The third-order valence-electron chi connectivity index (χ3n) is 3.71. The Balaban J connectivity index is 1.64. The number of ether oxygens (including phenoxy) is 2. The Kier molecular flexibility index (Phi) is 4.80. The molecule has 0 radical (unpaired) electrons. The van der Waals surface area contributed by atoms with Gasteiger partial charge < -0.3 is 9.47 Å². The molecule has 0 N–H and O–H groups in total. The molecule has 22 heavy (non-hydrogen) atoms. The van der Waals surface area contributed by atoms with Crippen LogP contribution in [-0.2, 0) is 16.0 Å². The van der Waals surface area contributed by atoms with Crippen LogP contribution in [0.2, 0.25) is 0 Å². The number of rotatable bonds is 5. The molecule has 0 saturated carbocycles. The van der Waals surface area contributed by atoms with Crippen LogP contribution in [0.3, 0.4) is 0 Å². The minimum absolute atomic E-state index is 0.0279. The van der Waals surface area contributed by atoms with E-state index >= 15 is 0 Å². The van der Waals surface area contributed by atoms with Gasteiger partial charge in [-0.15, -0.1) is 0 Å². The maximum absolute atomic E-state index is 12.3. The standard InChI is InChI=1S/C16H19N3O3/c20-16(22-10-14-6-3-4-8-21-14)15-7-2-1-5-13(15)9-19-12-17-11-18-19/h1-2,5,7,11-12,14H,3-4,6,8-10H2/t14-/m0/s1. The van der Waals surface area contributed by atoms with Gasteiger partial charge in [0.2, 0.25) is 0 Å². The first-order valence-corrected chi connectivity index (χ1v) is 7.52. The van der Waals surface area contributed by atoms with Crippen LogP contribution in [0, 0.1) is 0 Å². The molecule has 1 aliphatic heterocycles. The fraction of sp³-hybridized carbons (Fsp3) is 0.438. The number of hydrogen-bond donors (Lipinski definition) is 0. The van der Waals surface area contributed by atoms with E-state index in [-0.39, 0.29) is 12.1 Å². The summed E-state index contributed by atoms with van der Waals surface area (Å²) in [5.74, 6) is -0.315. The molecule has 1 saturated heterocycles. The molecule has 1 atom stereocenters. The van der Waals surface area contributed by atoms with E-state index in [1.54, 1.807) is 17.1 Å². The summed E-state index contributed by atoms with van der Waals surface area (Å²) in [7, 11) is 0. The molecule has 6 nitrogen and oxygen atoms in total. The Bertz CT molecular complexity index is 607. The lowest BCUT2D eigenvalue weighted by Crippen LogP contribution is -2.26. The average molecular weight is 301 g/mol. The second-order valence-electron chi connectivity index (χ2n) is 5.34. The van der Waals surface area contributed by atoms with Crippen LogP contribution < -0.4 is 0 Å². The summed E-state index contributed by atoms with van der Waals surface area (Å²) in [5.41, 5.74) is 1.43. The smallest absolute Gasteiger partial charge is 0.338 e. The number of hydrogen-bond acceptors (Lipinski definition) is 5. The van der Waals surface area contributed by atoms with E-state index < -0.39 is 0 Å². The van der Waals surface area contributed by atoms with Gasteiger partial charge in [0.25, 0.3) is 0 Å². The molecule has 1 aromatic heterocycles. The predicted molar refractivity (Wildman–Crippen MR) is 79.4 cm³/mol. The van der Waals surface area contributed by atoms with Crippen molar-refractivity contribution in [1.82, 2.24) is 14.8 Å². The Morgan fingerprint density at radius 2 is 2.27 bits per heavy atom. The molecule has 6 heteroatoms. The molecule has 1 fully saturated rings. The summed E-state index contributed by atoms with van der Waals surface area (Å²) in [6.07, 6.45) is 6.30. The molecule has 116 valence electrons. The zero-order valence-electron chi connectivity index (χ0n) is 12.4. The monoisotopic (exact) mass is 301 g/mol. The summed E-state index contributed by atoms with van der Waals surface area (Å²) >= 11 is 0. The second-order valence-corrected chi connectivity index (χ2v) is 5.34. The quantitative estimate of drug-likeness (QED) is 0.791. The maximum atomic E-state index is 12.3. The van der Waals surface area contributed by atoms with E-state index in [1.165, 1.54) is 6.33 Å². The van der Waals surface area contributed by atoms with Crippen LogP contribution >= 0.6 is 0 Å². The van der Waals surface area contributed by atoms with Gasteiger partial charge in [0.05, 0.1) is 18.2 Å². The lowest BCUT2D eigenvalue weighted by atomic mass is 10.1. The molecule has 0 unspecified atom stereocenters. The van der Waals surface area contributed by atoms with Gasteiger partial charge in [0, 0.05) is 6.61 Å². The van der Waals surface area contributed by atoms with Crippen LogP contribution in [0.5, 0.6) is 0 Å². The first-order chi connectivity index (χ1) is 10.8. The lowest BCUT2D eigenvalue weighted by Gasteiger charge is -2.22.